The lowest BCUT2D eigenvalue weighted by Crippen LogP contribution is -2.44. The number of hydrogen-bond donors (Lipinski definition) is 1. The molecule has 5 heteroatoms. The molecule has 0 spiro atoms. The van der Waals surface area contributed by atoms with Gasteiger partial charge in [-0.2, -0.15) is 0 Å². The summed E-state index contributed by atoms with van der Waals surface area (Å²) in [5.41, 5.74) is 1.08. The zero-order valence-electron chi connectivity index (χ0n) is 11.7. The molecule has 4 nitrogen and oxygen atoms in total. The Kier molecular flexibility index (Phi) is 4.91. The van der Waals surface area contributed by atoms with E-state index in [1.807, 2.05) is 12.1 Å². The summed E-state index contributed by atoms with van der Waals surface area (Å²) in [5.74, 6) is 1.40. The van der Waals surface area contributed by atoms with E-state index in [4.69, 9.17) is 21.1 Å². The van der Waals surface area contributed by atoms with E-state index in [1.165, 1.54) is 0 Å². The van der Waals surface area contributed by atoms with Gasteiger partial charge in [-0.3, -0.25) is 4.90 Å². The minimum absolute atomic E-state index is 0.273. The molecule has 1 saturated heterocycles. The summed E-state index contributed by atoms with van der Waals surface area (Å²) in [7, 11) is 3.26. The molecule has 2 rings (SSSR count). The Labute approximate surface area is 119 Å². The lowest BCUT2D eigenvalue weighted by molar-refractivity contribution is 0.185. The molecule has 1 N–H and O–H groups in total. The standard InChI is InChI=1S/C14H21ClN2O2/c1-10(17-6-4-16-5-7-17)11-8-13(18-2)14(19-3)9-12(11)15/h8-10,16H,4-7H2,1-3H3. The maximum atomic E-state index is 6.37. The normalized spacial score (nSPS) is 18.1. The number of rotatable bonds is 4. The van der Waals surface area contributed by atoms with Gasteiger partial charge in [0.15, 0.2) is 11.5 Å². The second-order valence-electron chi connectivity index (χ2n) is 4.69. The second kappa shape index (κ2) is 6.46. The van der Waals surface area contributed by atoms with Gasteiger partial charge >= 0.3 is 0 Å². The molecule has 0 bridgehead atoms. The molecule has 1 aliphatic rings. The number of nitrogens with zero attached hydrogens (tertiary/aromatic N) is 1. The van der Waals surface area contributed by atoms with E-state index in [1.54, 1.807) is 14.2 Å². The van der Waals surface area contributed by atoms with Crippen LogP contribution >= 0.6 is 11.6 Å². The van der Waals surface area contributed by atoms with Gasteiger partial charge in [-0.25, -0.2) is 0 Å². The molecular weight excluding hydrogens is 264 g/mol. The van der Waals surface area contributed by atoms with Crippen LogP contribution in [0.3, 0.4) is 0 Å². The van der Waals surface area contributed by atoms with E-state index >= 15 is 0 Å². The van der Waals surface area contributed by atoms with E-state index in [9.17, 15) is 0 Å². The van der Waals surface area contributed by atoms with Gasteiger partial charge in [-0.15, -0.1) is 0 Å². The number of benzene rings is 1. The van der Waals surface area contributed by atoms with Crippen LogP contribution in [0.15, 0.2) is 12.1 Å². The van der Waals surface area contributed by atoms with Crippen LogP contribution in [0.4, 0.5) is 0 Å². The minimum Gasteiger partial charge on any atom is -0.493 e. The van der Waals surface area contributed by atoms with Gasteiger partial charge in [0.25, 0.3) is 0 Å². The van der Waals surface area contributed by atoms with Gasteiger partial charge in [0.05, 0.1) is 14.2 Å². The first-order valence-electron chi connectivity index (χ1n) is 6.53. The van der Waals surface area contributed by atoms with Crippen LogP contribution in [-0.4, -0.2) is 45.3 Å². The smallest absolute Gasteiger partial charge is 0.162 e. The van der Waals surface area contributed by atoms with Crippen molar-refractivity contribution in [3.63, 3.8) is 0 Å². The van der Waals surface area contributed by atoms with Crippen LogP contribution in [-0.2, 0) is 0 Å². The van der Waals surface area contributed by atoms with Gasteiger partial charge in [0.1, 0.15) is 0 Å². The van der Waals surface area contributed by atoms with Gasteiger partial charge in [-0.1, -0.05) is 11.6 Å². The molecule has 1 fully saturated rings. The first-order chi connectivity index (χ1) is 9.17. The van der Waals surface area contributed by atoms with Crippen molar-refractivity contribution in [1.29, 1.82) is 0 Å². The highest BCUT2D eigenvalue weighted by Gasteiger charge is 2.21. The third kappa shape index (κ3) is 3.14. The average Bonchev–Trinajstić information content (AvgIpc) is 2.47. The molecule has 1 heterocycles. The Morgan fingerprint density at radius 3 is 2.32 bits per heavy atom. The highest BCUT2D eigenvalue weighted by molar-refractivity contribution is 6.31. The molecule has 19 heavy (non-hydrogen) atoms. The van der Waals surface area contributed by atoms with Crippen molar-refractivity contribution in [3.05, 3.63) is 22.7 Å². The van der Waals surface area contributed by atoms with Gasteiger partial charge in [-0.05, 0) is 18.6 Å². The molecule has 1 aromatic rings. The van der Waals surface area contributed by atoms with Crippen LogP contribution in [0.2, 0.25) is 5.02 Å². The number of ether oxygens (including phenoxy) is 2. The third-order valence-electron chi connectivity index (χ3n) is 3.65. The number of halogens is 1. The van der Waals surface area contributed by atoms with Gasteiger partial charge in [0, 0.05) is 43.3 Å². The lowest BCUT2D eigenvalue weighted by Gasteiger charge is -2.33. The van der Waals surface area contributed by atoms with Crippen molar-refractivity contribution in [3.8, 4) is 11.5 Å². The number of methoxy groups -OCH3 is 2. The van der Waals surface area contributed by atoms with E-state index < -0.39 is 0 Å². The summed E-state index contributed by atoms with van der Waals surface area (Å²) < 4.78 is 10.6. The van der Waals surface area contributed by atoms with E-state index in [0.717, 1.165) is 42.5 Å². The zero-order valence-corrected chi connectivity index (χ0v) is 12.5. The summed E-state index contributed by atoms with van der Waals surface area (Å²) in [6, 6.07) is 4.08. The molecule has 0 aliphatic carbocycles. The van der Waals surface area contributed by atoms with Crippen molar-refractivity contribution in [2.45, 2.75) is 13.0 Å². The highest BCUT2D eigenvalue weighted by Crippen LogP contribution is 2.37. The fourth-order valence-corrected chi connectivity index (χ4v) is 2.77. The van der Waals surface area contributed by atoms with Crippen LogP contribution in [0.1, 0.15) is 18.5 Å². The Morgan fingerprint density at radius 2 is 1.74 bits per heavy atom. The molecule has 1 unspecified atom stereocenters. The monoisotopic (exact) mass is 284 g/mol. The topological polar surface area (TPSA) is 33.7 Å². The van der Waals surface area contributed by atoms with Crippen molar-refractivity contribution in [2.75, 3.05) is 40.4 Å². The average molecular weight is 285 g/mol. The molecule has 0 radical (unpaired) electrons. The Balaban J connectivity index is 2.27. The molecule has 1 aromatic carbocycles. The molecule has 0 saturated carbocycles. The Morgan fingerprint density at radius 1 is 1.16 bits per heavy atom. The number of hydrogen-bond acceptors (Lipinski definition) is 4. The third-order valence-corrected chi connectivity index (χ3v) is 3.98. The quantitative estimate of drug-likeness (QED) is 0.920. The fraction of sp³-hybridized carbons (Fsp3) is 0.571. The lowest BCUT2D eigenvalue weighted by atomic mass is 10.1. The first-order valence-corrected chi connectivity index (χ1v) is 6.91. The Bertz CT molecular complexity index is 434. The van der Waals surface area contributed by atoms with E-state index in [-0.39, 0.29) is 6.04 Å². The highest BCUT2D eigenvalue weighted by atomic mass is 35.5. The van der Waals surface area contributed by atoms with Crippen LogP contribution in [0, 0.1) is 0 Å². The maximum Gasteiger partial charge on any atom is 0.162 e. The number of piperazine rings is 1. The summed E-state index contributed by atoms with van der Waals surface area (Å²) in [5, 5.41) is 4.08. The van der Waals surface area contributed by atoms with Gasteiger partial charge < -0.3 is 14.8 Å². The summed E-state index contributed by atoms with van der Waals surface area (Å²) in [6.07, 6.45) is 0. The second-order valence-corrected chi connectivity index (χ2v) is 5.10. The minimum atomic E-state index is 0.273. The molecule has 0 amide bonds. The largest absolute Gasteiger partial charge is 0.493 e. The van der Waals surface area contributed by atoms with Crippen molar-refractivity contribution < 1.29 is 9.47 Å². The SMILES string of the molecule is COc1cc(Cl)c(C(C)N2CCNCC2)cc1OC. The summed E-state index contributed by atoms with van der Waals surface area (Å²) in [6.45, 7) is 6.29. The molecule has 0 aromatic heterocycles. The van der Waals surface area contributed by atoms with Crippen LogP contribution in [0.5, 0.6) is 11.5 Å². The zero-order chi connectivity index (χ0) is 13.8. The predicted molar refractivity (Wildman–Crippen MR) is 77.4 cm³/mol. The van der Waals surface area contributed by atoms with Crippen molar-refractivity contribution >= 4 is 11.6 Å². The predicted octanol–water partition coefficient (Wildman–Crippen LogP) is 2.32. The first kappa shape index (κ1) is 14.4. The molecule has 1 atom stereocenters. The molecule has 106 valence electrons. The van der Waals surface area contributed by atoms with E-state index in [0.29, 0.717) is 5.75 Å². The Hall–Kier alpha value is -0.970. The van der Waals surface area contributed by atoms with Crippen LogP contribution in [0.25, 0.3) is 0 Å². The van der Waals surface area contributed by atoms with Crippen molar-refractivity contribution in [2.24, 2.45) is 0 Å². The maximum absolute atomic E-state index is 6.37. The summed E-state index contributed by atoms with van der Waals surface area (Å²) in [4.78, 5) is 2.42. The van der Waals surface area contributed by atoms with Crippen LogP contribution < -0.4 is 14.8 Å². The molecule has 1 aliphatic heterocycles. The van der Waals surface area contributed by atoms with Crippen molar-refractivity contribution in [1.82, 2.24) is 10.2 Å². The fourth-order valence-electron chi connectivity index (χ4n) is 2.46. The number of nitrogens with one attached hydrogen (secondary N) is 1. The summed E-state index contributed by atoms with van der Waals surface area (Å²) >= 11 is 6.37. The molecular formula is C14H21ClN2O2. The van der Waals surface area contributed by atoms with E-state index in [2.05, 4.69) is 17.1 Å². The van der Waals surface area contributed by atoms with Gasteiger partial charge in [0.2, 0.25) is 0 Å².